The number of benzene rings is 2. The van der Waals surface area contributed by atoms with Crippen LogP contribution in [0.2, 0.25) is 0 Å². The zero-order chi connectivity index (χ0) is 26.3. The number of fused-ring (bicyclic) bond motifs is 1. The van der Waals surface area contributed by atoms with E-state index >= 15 is 0 Å². The van der Waals surface area contributed by atoms with Gasteiger partial charge in [-0.05, 0) is 63.6 Å². The predicted molar refractivity (Wildman–Crippen MR) is 144 cm³/mol. The summed E-state index contributed by atoms with van der Waals surface area (Å²) in [7, 11) is 0. The van der Waals surface area contributed by atoms with Gasteiger partial charge >= 0.3 is 0 Å². The molecular weight excluding hydrogens is 510 g/mol. The van der Waals surface area contributed by atoms with Crippen molar-refractivity contribution in [1.29, 1.82) is 0 Å². The Morgan fingerprint density at radius 3 is 2.43 bits per heavy atom. The number of amides is 1. The Morgan fingerprint density at radius 2 is 1.76 bits per heavy atom. The van der Waals surface area contributed by atoms with E-state index in [1.165, 1.54) is 27.6 Å². The molecule has 4 aromatic rings. The Labute approximate surface area is 221 Å². The number of aliphatic hydroxyl groups is 1. The predicted octanol–water partition coefficient (Wildman–Crippen LogP) is 5.95. The molecule has 37 heavy (non-hydrogen) atoms. The van der Waals surface area contributed by atoms with Crippen LogP contribution in [0.15, 0.2) is 53.8 Å². The van der Waals surface area contributed by atoms with Crippen LogP contribution in [0.3, 0.4) is 0 Å². The first kappa shape index (κ1) is 24.9. The van der Waals surface area contributed by atoms with Gasteiger partial charge in [-0.25, -0.2) is 9.97 Å². The van der Waals surface area contributed by atoms with Gasteiger partial charge in [0, 0.05) is 0 Å². The third-order valence-electron chi connectivity index (χ3n) is 5.91. The van der Waals surface area contributed by atoms with Crippen molar-refractivity contribution < 1.29 is 24.2 Å². The summed E-state index contributed by atoms with van der Waals surface area (Å²) in [6.07, 6.45) is 0. The SMILES string of the molecule is CCOc1cccc(C2C(C(=O)c3sc(C)nc3C)=C(O)C(=O)N2c2nc3ccc(OCC)cc3s2)c1. The molecule has 1 unspecified atom stereocenters. The Bertz CT molecular complexity index is 1550. The molecule has 0 radical (unpaired) electrons. The molecule has 5 rings (SSSR count). The molecule has 2 aromatic heterocycles. The van der Waals surface area contributed by atoms with E-state index in [0.717, 1.165) is 9.71 Å². The van der Waals surface area contributed by atoms with Crippen molar-refractivity contribution in [2.45, 2.75) is 33.7 Å². The number of aliphatic hydroxyl groups excluding tert-OH is 1. The molecule has 0 bridgehead atoms. The number of ether oxygens (including phenoxy) is 2. The number of hydrogen-bond acceptors (Lipinski definition) is 9. The van der Waals surface area contributed by atoms with E-state index in [4.69, 9.17) is 9.47 Å². The number of carbonyl (C=O) groups is 2. The maximum atomic E-state index is 13.8. The second kappa shape index (κ2) is 9.95. The van der Waals surface area contributed by atoms with Gasteiger partial charge < -0.3 is 14.6 Å². The summed E-state index contributed by atoms with van der Waals surface area (Å²) in [4.78, 5) is 38.2. The summed E-state index contributed by atoms with van der Waals surface area (Å²) in [5.41, 5.74) is 1.87. The Morgan fingerprint density at radius 1 is 1.03 bits per heavy atom. The number of hydrogen-bond donors (Lipinski definition) is 1. The van der Waals surface area contributed by atoms with Crippen molar-refractivity contribution in [2.75, 3.05) is 18.1 Å². The Hall–Kier alpha value is -3.76. The van der Waals surface area contributed by atoms with Crippen LogP contribution in [-0.2, 0) is 4.79 Å². The fourth-order valence-corrected chi connectivity index (χ4v) is 6.30. The van der Waals surface area contributed by atoms with Crippen LogP contribution in [0.5, 0.6) is 11.5 Å². The second-order valence-corrected chi connectivity index (χ2v) is 10.6. The lowest BCUT2D eigenvalue weighted by atomic mass is 9.95. The molecule has 1 N–H and O–H groups in total. The third kappa shape index (κ3) is 4.47. The van der Waals surface area contributed by atoms with E-state index in [1.54, 1.807) is 19.1 Å². The Balaban J connectivity index is 1.66. The van der Waals surface area contributed by atoms with Gasteiger partial charge in [0.2, 0.25) is 5.78 Å². The molecule has 1 amide bonds. The van der Waals surface area contributed by atoms with Crippen LogP contribution in [0.4, 0.5) is 5.13 Å². The fraction of sp³-hybridized carbons (Fsp3) is 0.259. The van der Waals surface area contributed by atoms with Gasteiger partial charge in [0.15, 0.2) is 10.9 Å². The minimum absolute atomic E-state index is 0.000315. The summed E-state index contributed by atoms with van der Waals surface area (Å²) >= 11 is 2.53. The summed E-state index contributed by atoms with van der Waals surface area (Å²) in [6.45, 7) is 8.34. The van der Waals surface area contributed by atoms with Crippen molar-refractivity contribution in [3.63, 3.8) is 0 Å². The van der Waals surface area contributed by atoms with Gasteiger partial charge in [-0.2, -0.15) is 0 Å². The molecule has 8 nitrogen and oxygen atoms in total. The molecule has 0 saturated heterocycles. The summed E-state index contributed by atoms with van der Waals surface area (Å²) in [5, 5.41) is 12.2. The van der Waals surface area contributed by atoms with Crippen LogP contribution in [0.1, 0.15) is 45.8 Å². The maximum absolute atomic E-state index is 13.8. The highest BCUT2D eigenvalue weighted by atomic mass is 32.1. The zero-order valence-electron chi connectivity index (χ0n) is 20.8. The van der Waals surface area contributed by atoms with E-state index in [0.29, 0.717) is 51.5 Å². The molecule has 3 heterocycles. The number of aromatic nitrogens is 2. The number of anilines is 1. The number of ketones is 1. The van der Waals surface area contributed by atoms with E-state index in [9.17, 15) is 14.7 Å². The number of thiazole rings is 2. The largest absolute Gasteiger partial charge is 0.503 e. The molecule has 0 spiro atoms. The van der Waals surface area contributed by atoms with Gasteiger partial charge in [0.05, 0.1) is 50.6 Å². The fourth-order valence-electron chi connectivity index (χ4n) is 4.41. The van der Waals surface area contributed by atoms with Crippen molar-refractivity contribution in [3.05, 3.63) is 74.9 Å². The summed E-state index contributed by atoms with van der Waals surface area (Å²) in [5.74, 6) is -0.398. The van der Waals surface area contributed by atoms with Gasteiger partial charge in [-0.1, -0.05) is 23.5 Å². The van der Waals surface area contributed by atoms with Crippen molar-refractivity contribution in [2.24, 2.45) is 0 Å². The minimum atomic E-state index is -0.894. The van der Waals surface area contributed by atoms with Crippen LogP contribution in [0.25, 0.3) is 10.2 Å². The smallest absolute Gasteiger partial charge is 0.296 e. The lowest BCUT2D eigenvalue weighted by Crippen LogP contribution is -2.31. The van der Waals surface area contributed by atoms with Crippen LogP contribution >= 0.6 is 22.7 Å². The average Bonchev–Trinajstić information content (AvgIpc) is 3.52. The summed E-state index contributed by atoms with van der Waals surface area (Å²) < 4.78 is 12.1. The summed E-state index contributed by atoms with van der Waals surface area (Å²) in [6, 6.07) is 11.8. The molecule has 1 aliphatic heterocycles. The quantitative estimate of drug-likeness (QED) is 0.278. The first-order valence-corrected chi connectivity index (χ1v) is 13.5. The molecule has 0 saturated carbocycles. The van der Waals surface area contributed by atoms with Gasteiger partial charge in [0.1, 0.15) is 11.5 Å². The highest BCUT2D eigenvalue weighted by Crippen LogP contribution is 2.45. The maximum Gasteiger partial charge on any atom is 0.296 e. The zero-order valence-corrected chi connectivity index (χ0v) is 22.4. The average molecular weight is 536 g/mol. The van der Waals surface area contributed by atoms with Gasteiger partial charge in [-0.3, -0.25) is 14.5 Å². The minimum Gasteiger partial charge on any atom is -0.503 e. The van der Waals surface area contributed by atoms with Crippen LogP contribution in [0, 0.1) is 13.8 Å². The normalized spacial score (nSPS) is 15.6. The van der Waals surface area contributed by atoms with Gasteiger partial charge in [-0.15, -0.1) is 11.3 Å². The topological polar surface area (TPSA) is 102 Å². The lowest BCUT2D eigenvalue weighted by molar-refractivity contribution is -0.117. The van der Waals surface area contributed by atoms with Crippen LogP contribution < -0.4 is 14.4 Å². The third-order valence-corrected chi connectivity index (χ3v) is 8.00. The second-order valence-electron chi connectivity index (χ2n) is 8.38. The number of carbonyl (C=O) groups excluding carboxylic acids is 2. The van der Waals surface area contributed by atoms with Crippen molar-refractivity contribution in [1.82, 2.24) is 9.97 Å². The molecular formula is C27H25N3O5S2. The van der Waals surface area contributed by atoms with E-state index in [1.807, 2.05) is 51.1 Å². The molecule has 0 aliphatic carbocycles. The number of aryl methyl sites for hydroxylation is 2. The number of Topliss-reactive ketones (excluding diaryl/α,β-unsaturated/α-hetero) is 1. The molecule has 10 heteroatoms. The molecule has 190 valence electrons. The highest BCUT2D eigenvalue weighted by Gasteiger charge is 2.46. The number of rotatable bonds is 8. The van der Waals surface area contributed by atoms with E-state index in [2.05, 4.69) is 9.97 Å². The first-order valence-electron chi connectivity index (χ1n) is 11.8. The number of nitrogens with zero attached hydrogens (tertiary/aromatic N) is 3. The first-order chi connectivity index (χ1) is 17.8. The molecule has 1 aliphatic rings. The van der Waals surface area contributed by atoms with Crippen molar-refractivity contribution in [3.8, 4) is 11.5 Å². The van der Waals surface area contributed by atoms with E-state index in [-0.39, 0.29) is 5.57 Å². The monoisotopic (exact) mass is 535 g/mol. The molecule has 2 aromatic carbocycles. The van der Waals surface area contributed by atoms with Crippen LogP contribution in [-0.4, -0.2) is 40.0 Å². The highest BCUT2D eigenvalue weighted by molar-refractivity contribution is 7.22. The van der Waals surface area contributed by atoms with E-state index < -0.39 is 23.5 Å². The lowest BCUT2D eigenvalue weighted by Gasteiger charge is -2.24. The Kier molecular flexibility index (Phi) is 6.70. The molecule has 1 atom stereocenters. The van der Waals surface area contributed by atoms with Gasteiger partial charge in [0.25, 0.3) is 5.91 Å². The standard InChI is InChI=1S/C27H25N3O5S2/c1-5-34-17-9-7-8-16(12-17)22-21(23(31)25-14(3)28-15(4)36-25)24(32)26(33)30(22)27-29-19-11-10-18(35-6-2)13-20(19)37-27/h7-13,22,32H,5-6H2,1-4H3. The van der Waals surface area contributed by atoms with Crippen molar-refractivity contribution >= 4 is 49.7 Å². The molecule has 0 fully saturated rings.